The average Bonchev–Trinajstić information content (AvgIpc) is 1.82. The molecule has 13 heavy (non-hydrogen) atoms. The summed E-state index contributed by atoms with van der Waals surface area (Å²) in [7, 11) is -5.06. The SMILES string of the molecule is O=S(=O)([O-])c1c(F)cccc1F.[Na+]. The first kappa shape index (κ1) is 13.0. The van der Waals surface area contributed by atoms with Crippen LogP contribution in [-0.4, -0.2) is 13.0 Å². The molecule has 0 radical (unpaired) electrons. The van der Waals surface area contributed by atoms with Gasteiger partial charge in [-0.1, -0.05) is 6.07 Å². The van der Waals surface area contributed by atoms with Gasteiger partial charge in [0.1, 0.15) is 26.6 Å². The molecule has 0 aliphatic heterocycles. The largest absolute Gasteiger partial charge is 1.00 e. The molecule has 1 aromatic rings. The van der Waals surface area contributed by atoms with E-state index in [2.05, 4.69) is 0 Å². The number of benzene rings is 1. The van der Waals surface area contributed by atoms with Gasteiger partial charge in [-0.3, -0.25) is 0 Å². The number of hydrogen-bond acceptors (Lipinski definition) is 3. The summed E-state index contributed by atoms with van der Waals surface area (Å²) < 4.78 is 55.8. The summed E-state index contributed by atoms with van der Waals surface area (Å²) in [6.07, 6.45) is 0. The smallest absolute Gasteiger partial charge is 0.744 e. The van der Waals surface area contributed by atoms with Crippen molar-refractivity contribution in [3.63, 3.8) is 0 Å². The van der Waals surface area contributed by atoms with E-state index in [1.807, 2.05) is 0 Å². The first-order chi connectivity index (χ1) is 5.43. The minimum atomic E-state index is -5.06. The van der Waals surface area contributed by atoms with E-state index in [0.29, 0.717) is 12.1 Å². The van der Waals surface area contributed by atoms with Gasteiger partial charge < -0.3 is 4.55 Å². The van der Waals surface area contributed by atoms with E-state index in [4.69, 9.17) is 0 Å². The van der Waals surface area contributed by atoms with Crippen molar-refractivity contribution in [2.45, 2.75) is 4.90 Å². The summed E-state index contributed by atoms with van der Waals surface area (Å²) in [5.74, 6) is -2.74. The van der Waals surface area contributed by atoms with Gasteiger partial charge in [0.25, 0.3) is 0 Å². The quantitative estimate of drug-likeness (QED) is 0.398. The Kier molecular flexibility index (Phi) is 4.47. The molecule has 0 bridgehead atoms. The van der Waals surface area contributed by atoms with Crippen LogP contribution in [0.1, 0.15) is 0 Å². The third kappa shape index (κ3) is 2.99. The summed E-state index contributed by atoms with van der Waals surface area (Å²) >= 11 is 0. The second-order valence-electron chi connectivity index (χ2n) is 2.00. The van der Waals surface area contributed by atoms with Crippen molar-refractivity contribution in [1.29, 1.82) is 0 Å². The fourth-order valence-corrected chi connectivity index (χ4v) is 1.34. The van der Waals surface area contributed by atoms with Gasteiger partial charge in [0.15, 0.2) is 0 Å². The minimum Gasteiger partial charge on any atom is -0.744 e. The van der Waals surface area contributed by atoms with Crippen LogP contribution < -0.4 is 29.6 Å². The molecule has 0 amide bonds. The van der Waals surface area contributed by atoms with E-state index >= 15 is 0 Å². The number of hydrogen-bond donors (Lipinski definition) is 0. The van der Waals surface area contributed by atoms with Crippen molar-refractivity contribution in [2.24, 2.45) is 0 Å². The fourth-order valence-electron chi connectivity index (χ4n) is 0.721. The van der Waals surface area contributed by atoms with Gasteiger partial charge in [0, 0.05) is 0 Å². The molecule has 0 heterocycles. The van der Waals surface area contributed by atoms with Gasteiger partial charge in [0.2, 0.25) is 0 Å². The Bertz CT molecular complexity index is 384. The molecule has 66 valence electrons. The maximum atomic E-state index is 12.5. The monoisotopic (exact) mass is 216 g/mol. The Morgan fingerprint density at radius 2 is 1.54 bits per heavy atom. The Labute approximate surface area is 95.8 Å². The maximum absolute atomic E-state index is 12.5. The van der Waals surface area contributed by atoms with Crippen LogP contribution in [-0.2, 0) is 10.1 Å². The van der Waals surface area contributed by atoms with E-state index < -0.39 is 26.6 Å². The zero-order chi connectivity index (χ0) is 9.35. The molecule has 0 aliphatic carbocycles. The molecule has 0 aromatic heterocycles. The summed E-state index contributed by atoms with van der Waals surface area (Å²) in [5, 5.41) is 0. The summed E-state index contributed by atoms with van der Waals surface area (Å²) in [4.78, 5) is -1.43. The van der Waals surface area contributed by atoms with Crippen molar-refractivity contribution in [2.75, 3.05) is 0 Å². The molecule has 1 aromatic carbocycles. The Morgan fingerprint density at radius 3 is 1.77 bits per heavy atom. The maximum Gasteiger partial charge on any atom is 1.00 e. The molecule has 0 N–H and O–H groups in total. The minimum absolute atomic E-state index is 0. The van der Waals surface area contributed by atoms with Crippen LogP contribution in [0.4, 0.5) is 8.78 Å². The second-order valence-corrected chi connectivity index (χ2v) is 3.32. The van der Waals surface area contributed by atoms with E-state index in [1.54, 1.807) is 0 Å². The van der Waals surface area contributed by atoms with Gasteiger partial charge in [-0.15, -0.1) is 0 Å². The molecule has 0 saturated carbocycles. The molecule has 0 spiro atoms. The van der Waals surface area contributed by atoms with E-state index in [0.717, 1.165) is 6.07 Å². The standard InChI is InChI=1S/C6H4F2O3S.Na/c7-4-2-1-3-5(8)6(4)12(9,10)11;/h1-3H,(H,9,10,11);/q;+1/p-1. The normalized spacial score (nSPS) is 10.7. The zero-order valence-corrected chi connectivity index (χ0v) is 9.44. The predicted octanol–water partition coefficient (Wildman–Crippen LogP) is -2.13. The molecular formula is C6H3F2NaO3S. The van der Waals surface area contributed by atoms with Crippen molar-refractivity contribution >= 4 is 10.1 Å². The molecule has 1 rings (SSSR count). The van der Waals surface area contributed by atoms with Crippen molar-refractivity contribution in [3.8, 4) is 0 Å². The first-order valence-electron chi connectivity index (χ1n) is 2.83. The van der Waals surface area contributed by atoms with Crippen LogP contribution >= 0.6 is 0 Å². The second kappa shape index (κ2) is 4.47. The molecule has 0 unspecified atom stereocenters. The Morgan fingerprint density at radius 1 is 1.15 bits per heavy atom. The zero-order valence-electron chi connectivity index (χ0n) is 6.62. The third-order valence-corrected chi connectivity index (χ3v) is 2.06. The van der Waals surface area contributed by atoms with Gasteiger partial charge in [-0.25, -0.2) is 17.2 Å². The molecule has 7 heteroatoms. The molecule has 0 aliphatic rings. The first-order valence-corrected chi connectivity index (χ1v) is 4.23. The fraction of sp³-hybridized carbons (Fsp3) is 0. The summed E-state index contributed by atoms with van der Waals surface area (Å²) in [6, 6.07) is 2.38. The van der Waals surface area contributed by atoms with Crippen LogP contribution in [0.25, 0.3) is 0 Å². The van der Waals surface area contributed by atoms with Crippen molar-refractivity contribution in [3.05, 3.63) is 29.8 Å². The molecule has 0 fully saturated rings. The summed E-state index contributed by atoms with van der Waals surface area (Å²) in [5.41, 5.74) is 0. The van der Waals surface area contributed by atoms with Crippen LogP contribution in [0, 0.1) is 11.6 Å². The predicted molar refractivity (Wildman–Crippen MR) is 34.3 cm³/mol. The van der Waals surface area contributed by atoms with Crippen LogP contribution in [0.2, 0.25) is 0 Å². The van der Waals surface area contributed by atoms with Gasteiger partial charge in [-0.05, 0) is 12.1 Å². The molecule has 3 nitrogen and oxygen atoms in total. The van der Waals surface area contributed by atoms with Crippen molar-refractivity contribution in [1.82, 2.24) is 0 Å². The van der Waals surface area contributed by atoms with Gasteiger partial charge in [-0.2, -0.15) is 0 Å². The van der Waals surface area contributed by atoms with E-state index in [-0.39, 0.29) is 29.6 Å². The molecule has 0 atom stereocenters. The Hall–Kier alpha value is -0.0100. The average molecular weight is 216 g/mol. The van der Waals surface area contributed by atoms with Crippen molar-refractivity contribution < 1.29 is 51.3 Å². The van der Waals surface area contributed by atoms with Crippen LogP contribution in [0.3, 0.4) is 0 Å². The van der Waals surface area contributed by atoms with Crippen LogP contribution in [0.15, 0.2) is 23.1 Å². The van der Waals surface area contributed by atoms with E-state index in [1.165, 1.54) is 0 Å². The molecule has 0 saturated heterocycles. The topological polar surface area (TPSA) is 57.2 Å². The van der Waals surface area contributed by atoms with Crippen LogP contribution in [0.5, 0.6) is 0 Å². The van der Waals surface area contributed by atoms with E-state index in [9.17, 15) is 21.8 Å². The van der Waals surface area contributed by atoms with Gasteiger partial charge in [0.05, 0.1) is 0 Å². The Balaban J connectivity index is 0.00000144. The van der Waals surface area contributed by atoms with Gasteiger partial charge >= 0.3 is 29.6 Å². The number of halogens is 2. The summed E-state index contributed by atoms with van der Waals surface area (Å²) in [6.45, 7) is 0. The molecular weight excluding hydrogens is 213 g/mol. The number of rotatable bonds is 1. The third-order valence-electron chi connectivity index (χ3n) is 1.17.